The molecular weight excluding hydrogens is 281 g/mol. The molecule has 0 fully saturated rings. The summed E-state index contributed by atoms with van der Waals surface area (Å²) in [6.07, 6.45) is -4.43. The first-order valence-electron chi connectivity index (χ1n) is 6.55. The van der Waals surface area contributed by atoms with Crippen molar-refractivity contribution >= 4 is 0 Å². The summed E-state index contributed by atoms with van der Waals surface area (Å²) in [5, 5.41) is 4.26. The largest absolute Gasteiger partial charge is 0.416 e. The Morgan fingerprint density at radius 3 is 2.57 bits per heavy atom. The number of aromatic nitrogens is 2. The van der Waals surface area contributed by atoms with Gasteiger partial charge in [-0.2, -0.15) is 18.3 Å². The van der Waals surface area contributed by atoms with Crippen LogP contribution in [0.1, 0.15) is 35.5 Å². The molecule has 21 heavy (non-hydrogen) atoms. The average molecular weight is 298 g/mol. The van der Waals surface area contributed by atoms with Crippen LogP contribution in [0, 0.1) is 6.92 Å². The van der Waals surface area contributed by atoms with Crippen LogP contribution < -0.4 is 11.3 Å². The quantitative estimate of drug-likeness (QED) is 0.674. The zero-order valence-electron chi connectivity index (χ0n) is 11.8. The molecule has 0 aliphatic rings. The molecule has 3 N–H and O–H groups in total. The van der Waals surface area contributed by atoms with E-state index in [0.29, 0.717) is 12.2 Å². The summed E-state index contributed by atoms with van der Waals surface area (Å²) in [6.45, 7) is 4.22. The first-order chi connectivity index (χ1) is 9.88. The molecule has 0 bridgehead atoms. The van der Waals surface area contributed by atoms with Crippen molar-refractivity contribution in [3.8, 4) is 0 Å². The first-order valence-corrected chi connectivity index (χ1v) is 6.55. The van der Waals surface area contributed by atoms with Crippen molar-refractivity contribution in [2.75, 3.05) is 0 Å². The van der Waals surface area contributed by atoms with Crippen LogP contribution in [0.5, 0.6) is 0 Å². The molecule has 0 aliphatic heterocycles. The molecular formula is C14H17F3N4. The Bertz CT molecular complexity index is 619. The van der Waals surface area contributed by atoms with E-state index in [4.69, 9.17) is 5.84 Å². The summed E-state index contributed by atoms with van der Waals surface area (Å²) in [4.78, 5) is 0. The molecule has 2 aromatic rings. The molecule has 2 rings (SSSR count). The lowest BCUT2D eigenvalue weighted by Crippen LogP contribution is -2.32. The topological polar surface area (TPSA) is 55.9 Å². The molecule has 1 heterocycles. The minimum absolute atomic E-state index is 0.0853. The fourth-order valence-electron chi connectivity index (χ4n) is 2.39. The summed E-state index contributed by atoms with van der Waals surface area (Å²) in [5.41, 5.74) is 3.20. The van der Waals surface area contributed by atoms with Gasteiger partial charge in [-0.3, -0.25) is 10.5 Å². The number of nitrogens with one attached hydrogen (secondary N) is 1. The van der Waals surface area contributed by atoms with Crippen molar-refractivity contribution in [2.24, 2.45) is 5.84 Å². The Morgan fingerprint density at radius 1 is 1.33 bits per heavy atom. The van der Waals surface area contributed by atoms with Crippen LogP contribution in [-0.4, -0.2) is 9.78 Å². The van der Waals surface area contributed by atoms with Gasteiger partial charge in [0.05, 0.1) is 23.0 Å². The van der Waals surface area contributed by atoms with Gasteiger partial charge in [0.2, 0.25) is 0 Å². The number of benzene rings is 1. The summed E-state index contributed by atoms with van der Waals surface area (Å²) >= 11 is 0. The average Bonchev–Trinajstić information content (AvgIpc) is 2.80. The lowest BCUT2D eigenvalue weighted by Gasteiger charge is -2.21. The van der Waals surface area contributed by atoms with E-state index < -0.39 is 17.8 Å². The van der Waals surface area contributed by atoms with E-state index in [1.807, 2.05) is 6.92 Å². The number of nitrogens with zero attached hydrogens (tertiary/aromatic N) is 2. The number of hydrogen-bond acceptors (Lipinski definition) is 3. The Morgan fingerprint density at radius 2 is 2.00 bits per heavy atom. The zero-order valence-corrected chi connectivity index (χ0v) is 11.8. The van der Waals surface area contributed by atoms with Gasteiger partial charge in [-0.15, -0.1) is 0 Å². The van der Waals surface area contributed by atoms with Crippen molar-refractivity contribution < 1.29 is 13.2 Å². The highest BCUT2D eigenvalue weighted by molar-refractivity contribution is 5.37. The molecule has 0 amide bonds. The van der Waals surface area contributed by atoms with E-state index in [2.05, 4.69) is 10.5 Å². The van der Waals surface area contributed by atoms with Gasteiger partial charge < -0.3 is 0 Å². The van der Waals surface area contributed by atoms with Crippen LogP contribution in [0.4, 0.5) is 13.2 Å². The molecule has 0 saturated carbocycles. The van der Waals surface area contributed by atoms with E-state index in [0.717, 1.165) is 11.8 Å². The summed E-state index contributed by atoms with van der Waals surface area (Å²) < 4.78 is 41.1. The van der Waals surface area contributed by atoms with Gasteiger partial charge in [-0.1, -0.05) is 18.2 Å². The molecule has 114 valence electrons. The van der Waals surface area contributed by atoms with Crippen LogP contribution >= 0.6 is 0 Å². The monoisotopic (exact) mass is 298 g/mol. The van der Waals surface area contributed by atoms with Crippen molar-refractivity contribution in [2.45, 2.75) is 32.6 Å². The van der Waals surface area contributed by atoms with Crippen LogP contribution in [0.25, 0.3) is 0 Å². The van der Waals surface area contributed by atoms with Crippen LogP contribution in [0.2, 0.25) is 0 Å². The Labute approximate surface area is 120 Å². The van der Waals surface area contributed by atoms with Gasteiger partial charge in [0, 0.05) is 6.54 Å². The molecule has 1 atom stereocenters. The number of rotatable bonds is 4. The van der Waals surface area contributed by atoms with Crippen LogP contribution in [0.15, 0.2) is 30.3 Å². The number of halogens is 3. The summed E-state index contributed by atoms with van der Waals surface area (Å²) in [5.74, 6) is 5.52. The number of alkyl halides is 3. The Balaban J connectivity index is 2.57. The van der Waals surface area contributed by atoms with E-state index in [1.54, 1.807) is 23.7 Å². The lowest BCUT2D eigenvalue weighted by molar-refractivity contribution is -0.138. The van der Waals surface area contributed by atoms with E-state index >= 15 is 0 Å². The fourth-order valence-corrected chi connectivity index (χ4v) is 2.39. The number of hydrogen-bond donors (Lipinski definition) is 2. The molecule has 0 saturated heterocycles. The van der Waals surface area contributed by atoms with Crippen molar-refractivity contribution in [1.82, 2.24) is 15.2 Å². The van der Waals surface area contributed by atoms with Crippen molar-refractivity contribution in [3.63, 3.8) is 0 Å². The molecule has 1 aromatic heterocycles. The Hall–Kier alpha value is -1.86. The minimum Gasteiger partial charge on any atom is -0.271 e. The highest BCUT2D eigenvalue weighted by atomic mass is 19.4. The predicted molar refractivity (Wildman–Crippen MR) is 73.2 cm³/mol. The molecule has 7 heteroatoms. The second kappa shape index (κ2) is 5.87. The van der Waals surface area contributed by atoms with Crippen molar-refractivity contribution in [3.05, 3.63) is 52.8 Å². The van der Waals surface area contributed by atoms with Gasteiger partial charge in [0.15, 0.2) is 0 Å². The van der Waals surface area contributed by atoms with Gasteiger partial charge in [-0.05, 0) is 31.5 Å². The maximum absolute atomic E-state index is 13.2. The minimum atomic E-state index is -4.43. The highest BCUT2D eigenvalue weighted by Crippen LogP contribution is 2.36. The van der Waals surface area contributed by atoms with Crippen LogP contribution in [-0.2, 0) is 12.7 Å². The third-order valence-corrected chi connectivity index (χ3v) is 3.27. The first kappa shape index (κ1) is 15.5. The van der Waals surface area contributed by atoms with Gasteiger partial charge >= 0.3 is 6.18 Å². The fraction of sp³-hybridized carbons (Fsp3) is 0.357. The molecule has 1 aromatic carbocycles. The smallest absolute Gasteiger partial charge is 0.271 e. The van der Waals surface area contributed by atoms with Crippen molar-refractivity contribution in [1.29, 1.82) is 0 Å². The molecule has 0 spiro atoms. The van der Waals surface area contributed by atoms with E-state index in [9.17, 15) is 13.2 Å². The molecule has 0 radical (unpaired) electrons. The van der Waals surface area contributed by atoms with Gasteiger partial charge in [0.1, 0.15) is 0 Å². The Kier molecular flexibility index (Phi) is 4.34. The zero-order chi connectivity index (χ0) is 15.6. The van der Waals surface area contributed by atoms with E-state index in [1.165, 1.54) is 12.1 Å². The lowest BCUT2D eigenvalue weighted by atomic mass is 9.97. The SMILES string of the molecule is CCn1nc(C)cc1C(NN)c1ccccc1C(F)(F)F. The van der Waals surface area contributed by atoms with E-state index in [-0.39, 0.29) is 5.56 Å². The predicted octanol–water partition coefficient (Wildman–Crippen LogP) is 2.78. The maximum Gasteiger partial charge on any atom is 0.416 e. The molecule has 0 aliphatic carbocycles. The second-order valence-electron chi connectivity index (χ2n) is 4.71. The summed E-state index contributed by atoms with van der Waals surface area (Å²) in [7, 11) is 0. The molecule has 4 nitrogen and oxygen atoms in total. The third-order valence-electron chi connectivity index (χ3n) is 3.27. The third kappa shape index (κ3) is 3.08. The second-order valence-corrected chi connectivity index (χ2v) is 4.71. The highest BCUT2D eigenvalue weighted by Gasteiger charge is 2.35. The number of nitrogens with two attached hydrogens (primary N) is 1. The standard InChI is InChI=1S/C14H17F3N4/c1-3-21-12(8-9(2)20-21)13(19-18)10-6-4-5-7-11(10)14(15,16)17/h4-8,13,19H,3,18H2,1-2H3. The normalized spacial score (nSPS) is 13.4. The summed E-state index contributed by atoms with van der Waals surface area (Å²) in [6, 6.07) is 6.37. The maximum atomic E-state index is 13.2. The number of hydrazine groups is 1. The number of aryl methyl sites for hydroxylation is 2. The van der Waals surface area contributed by atoms with Gasteiger partial charge in [-0.25, -0.2) is 5.43 Å². The molecule has 1 unspecified atom stereocenters. The van der Waals surface area contributed by atoms with Crippen LogP contribution in [0.3, 0.4) is 0 Å². The van der Waals surface area contributed by atoms with Gasteiger partial charge in [0.25, 0.3) is 0 Å².